The van der Waals surface area contributed by atoms with Crippen LogP contribution in [0.5, 0.6) is 0 Å². The SMILES string of the molecule is CN(C)CCNC(=O)CNC(=O)Cc1nc2ccc(-c3ccccc3)cc2s1. The first-order valence-electron chi connectivity index (χ1n) is 9.14. The summed E-state index contributed by atoms with van der Waals surface area (Å²) in [7, 11) is 3.88. The van der Waals surface area contributed by atoms with Crippen molar-refractivity contribution in [1.82, 2.24) is 20.5 Å². The number of hydrogen-bond donors (Lipinski definition) is 2. The number of hydrogen-bond acceptors (Lipinski definition) is 5. The van der Waals surface area contributed by atoms with Crippen molar-refractivity contribution in [3.05, 3.63) is 53.5 Å². The first-order chi connectivity index (χ1) is 13.5. The number of benzene rings is 2. The Morgan fingerprint density at radius 3 is 2.54 bits per heavy atom. The van der Waals surface area contributed by atoms with Gasteiger partial charge in [0.1, 0.15) is 5.01 Å². The highest BCUT2D eigenvalue weighted by Crippen LogP contribution is 2.28. The molecule has 0 radical (unpaired) electrons. The fourth-order valence-electron chi connectivity index (χ4n) is 2.72. The molecule has 0 aliphatic carbocycles. The zero-order valence-electron chi connectivity index (χ0n) is 16.1. The monoisotopic (exact) mass is 396 g/mol. The van der Waals surface area contributed by atoms with Gasteiger partial charge in [-0.05, 0) is 37.4 Å². The fraction of sp³-hybridized carbons (Fsp3) is 0.286. The van der Waals surface area contributed by atoms with Crippen LogP contribution in [0, 0.1) is 0 Å². The molecular weight excluding hydrogens is 372 g/mol. The molecule has 1 heterocycles. The van der Waals surface area contributed by atoms with Gasteiger partial charge in [0.2, 0.25) is 11.8 Å². The molecule has 0 fully saturated rings. The van der Waals surface area contributed by atoms with Gasteiger partial charge in [0, 0.05) is 13.1 Å². The molecule has 2 aromatic carbocycles. The Hall–Kier alpha value is -2.77. The van der Waals surface area contributed by atoms with E-state index in [1.807, 2.05) is 49.3 Å². The van der Waals surface area contributed by atoms with Gasteiger partial charge in [0.05, 0.1) is 23.2 Å². The van der Waals surface area contributed by atoms with Gasteiger partial charge in [-0.1, -0.05) is 36.4 Å². The lowest BCUT2D eigenvalue weighted by atomic mass is 10.1. The van der Waals surface area contributed by atoms with Gasteiger partial charge in [0.25, 0.3) is 0 Å². The molecule has 146 valence electrons. The van der Waals surface area contributed by atoms with E-state index in [0.717, 1.165) is 32.9 Å². The molecule has 7 heteroatoms. The second kappa shape index (κ2) is 9.43. The summed E-state index contributed by atoms with van der Waals surface area (Å²) >= 11 is 1.51. The molecule has 0 atom stereocenters. The van der Waals surface area contributed by atoms with Crippen molar-refractivity contribution in [3.8, 4) is 11.1 Å². The molecule has 3 aromatic rings. The number of thiazole rings is 1. The van der Waals surface area contributed by atoms with E-state index in [1.165, 1.54) is 11.3 Å². The Balaban J connectivity index is 1.55. The van der Waals surface area contributed by atoms with Gasteiger partial charge in [-0.3, -0.25) is 9.59 Å². The molecule has 3 rings (SSSR count). The van der Waals surface area contributed by atoms with Gasteiger partial charge < -0.3 is 15.5 Å². The standard InChI is InChI=1S/C21H24N4O2S/c1-25(2)11-10-22-20(27)14-23-19(26)13-21-24-17-9-8-16(12-18(17)28-21)15-6-4-3-5-7-15/h3-9,12H,10-11,13-14H2,1-2H3,(H,22,27)(H,23,26). The quantitative estimate of drug-likeness (QED) is 0.613. The first kappa shape index (κ1) is 20.0. The number of carbonyl (C=O) groups excluding carboxylic acids is 2. The third-order valence-electron chi connectivity index (χ3n) is 4.18. The highest BCUT2D eigenvalue weighted by molar-refractivity contribution is 7.18. The fourth-order valence-corrected chi connectivity index (χ4v) is 3.72. The second-order valence-corrected chi connectivity index (χ2v) is 7.88. The molecule has 0 saturated heterocycles. The van der Waals surface area contributed by atoms with Crippen LogP contribution >= 0.6 is 11.3 Å². The number of fused-ring (bicyclic) bond motifs is 1. The van der Waals surface area contributed by atoms with Crippen LogP contribution < -0.4 is 10.6 Å². The number of aromatic nitrogens is 1. The molecule has 0 unspecified atom stereocenters. The van der Waals surface area contributed by atoms with E-state index >= 15 is 0 Å². The Kier molecular flexibility index (Phi) is 6.73. The van der Waals surface area contributed by atoms with E-state index in [-0.39, 0.29) is 24.8 Å². The Labute approximate surface area is 168 Å². The van der Waals surface area contributed by atoms with Gasteiger partial charge in [-0.2, -0.15) is 0 Å². The number of carbonyl (C=O) groups is 2. The molecule has 6 nitrogen and oxygen atoms in total. The van der Waals surface area contributed by atoms with Crippen LogP contribution in [0.15, 0.2) is 48.5 Å². The van der Waals surface area contributed by atoms with Crippen molar-refractivity contribution in [2.75, 3.05) is 33.7 Å². The van der Waals surface area contributed by atoms with E-state index in [4.69, 9.17) is 0 Å². The van der Waals surface area contributed by atoms with Crippen molar-refractivity contribution in [2.24, 2.45) is 0 Å². The zero-order valence-corrected chi connectivity index (χ0v) is 16.9. The molecule has 0 spiro atoms. The molecular formula is C21H24N4O2S. The van der Waals surface area contributed by atoms with E-state index in [0.29, 0.717) is 6.54 Å². The van der Waals surface area contributed by atoms with Gasteiger partial charge in [0.15, 0.2) is 0 Å². The van der Waals surface area contributed by atoms with Gasteiger partial charge in [-0.25, -0.2) is 4.98 Å². The lowest BCUT2D eigenvalue weighted by Crippen LogP contribution is -2.39. The van der Waals surface area contributed by atoms with E-state index in [2.05, 4.69) is 33.8 Å². The van der Waals surface area contributed by atoms with Crippen molar-refractivity contribution < 1.29 is 9.59 Å². The Bertz CT molecular complexity index is 953. The van der Waals surface area contributed by atoms with Crippen LogP contribution in [0.1, 0.15) is 5.01 Å². The van der Waals surface area contributed by atoms with Crippen molar-refractivity contribution in [2.45, 2.75) is 6.42 Å². The summed E-state index contributed by atoms with van der Waals surface area (Å²) < 4.78 is 1.05. The number of amides is 2. The van der Waals surface area contributed by atoms with Crippen LogP contribution in [-0.4, -0.2) is 55.4 Å². The number of nitrogens with one attached hydrogen (secondary N) is 2. The maximum Gasteiger partial charge on any atom is 0.239 e. The molecule has 2 amide bonds. The van der Waals surface area contributed by atoms with Crippen molar-refractivity contribution in [1.29, 1.82) is 0 Å². The summed E-state index contributed by atoms with van der Waals surface area (Å²) in [6.07, 6.45) is 0.172. The van der Waals surface area contributed by atoms with Crippen LogP contribution in [0.3, 0.4) is 0 Å². The molecule has 0 aliphatic heterocycles. The summed E-state index contributed by atoms with van der Waals surface area (Å²) in [5.41, 5.74) is 3.16. The Morgan fingerprint density at radius 2 is 1.79 bits per heavy atom. The molecule has 0 aliphatic rings. The molecule has 1 aromatic heterocycles. The topological polar surface area (TPSA) is 74.3 Å². The largest absolute Gasteiger partial charge is 0.353 e. The molecule has 0 saturated carbocycles. The maximum absolute atomic E-state index is 12.1. The summed E-state index contributed by atoms with van der Waals surface area (Å²) in [6, 6.07) is 16.3. The second-order valence-electron chi connectivity index (χ2n) is 6.76. The van der Waals surface area contributed by atoms with Crippen LogP contribution in [0.2, 0.25) is 0 Å². The normalized spacial score (nSPS) is 11.0. The minimum Gasteiger partial charge on any atom is -0.353 e. The first-order valence-corrected chi connectivity index (χ1v) is 9.96. The lowest BCUT2D eigenvalue weighted by molar-refractivity contribution is -0.125. The zero-order chi connectivity index (χ0) is 19.9. The van der Waals surface area contributed by atoms with Crippen LogP contribution in [0.25, 0.3) is 21.3 Å². The van der Waals surface area contributed by atoms with Crippen molar-refractivity contribution in [3.63, 3.8) is 0 Å². The molecule has 0 bridgehead atoms. The third-order valence-corrected chi connectivity index (χ3v) is 5.20. The Morgan fingerprint density at radius 1 is 1.00 bits per heavy atom. The van der Waals surface area contributed by atoms with Crippen molar-refractivity contribution >= 4 is 33.4 Å². The average molecular weight is 397 g/mol. The summed E-state index contributed by atoms with van der Waals surface area (Å²) in [5, 5.41) is 6.16. The smallest absolute Gasteiger partial charge is 0.239 e. The maximum atomic E-state index is 12.1. The number of rotatable bonds is 8. The number of nitrogens with zero attached hydrogens (tertiary/aromatic N) is 2. The third kappa shape index (κ3) is 5.61. The molecule has 2 N–H and O–H groups in total. The number of likely N-dealkylation sites (N-methyl/N-ethyl adjacent to an activating group) is 1. The van der Waals surface area contributed by atoms with E-state index in [1.54, 1.807) is 0 Å². The van der Waals surface area contributed by atoms with E-state index in [9.17, 15) is 9.59 Å². The minimum atomic E-state index is -0.204. The summed E-state index contributed by atoms with van der Waals surface area (Å²) in [4.78, 5) is 30.4. The van der Waals surface area contributed by atoms with E-state index < -0.39 is 0 Å². The highest BCUT2D eigenvalue weighted by Gasteiger charge is 2.11. The van der Waals surface area contributed by atoms with Crippen LogP contribution in [0.4, 0.5) is 0 Å². The molecule has 28 heavy (non-hydrogen) atoms. The average Bonchev–Trinajstić information content (AvgIpc) is 3.08. The van der Waals surface area contributed by atoms with Gasteiger partial charge in [-0.15, -0.1) is 11.3 Å². The predicted molar refractivity (Wildman–Crippen MR) is 113 cm³/mol. The van der Waals surface area contributed by atoms with Crippen LogP contribution in [-0.2, 0) is 16.0 Å². The minimum absolute atomic E-state index is 0.0185. The highest BCUT2D eigenvalue weighted by atomic mass is 32.1. The summed E-state index contributed by atoms with van der Waals surface area (Å²) in [5.74, 6) is -0.392. The lowest BCUT2D eigenvalue weighted by Gasteiger charge is -2.10. The predicted octanol–water partition coefficient (Wildman–Crippen LogP) is 2.30. The summed E-state index contributed by atoms with van der Waals surface area (Å²) in [6.45, 7) is 1.30. The van der Waals surface area contributed by atoms with Gasteiger partial charge >= 0.3 is 0 Å².